The molecule has 4 heteroatoms. The molecule has 0 bridgehead atoms. The second-order valence-electron chi connectivity index (χ2n) is 5.25. The molecule has 1 saturated carbocycles. The van der Waals surface area contributed by atoms with E-state index in [0.29, 0.717) is 6.04 Å². The molecular weight excluding hydrogens is 256 g/mol. The number of anilines is 1. The Bertz CT molecular complexity index is 397. The van der Waals surface area contributed by atoms with Crippen LogP contribution >= 0.6 is 11.8 Å². The number of pyridine rings is 1. The van der Waals surface area contributed by atoms with E-state index in [-0.39, 0.29) is 6.10 Å². The van der Waals surface area contributed by atoms with Crippen LogP contribution in [0.4, 0.5) is 5.82 Å². The molecule has 2 unspecified atom stereocenters. The van der Waals surface area contributed by atoms with Gasteiger partial charge in [0.15, 0.2) is 11.6 Å². The summed E-state index contributed by atoms with van der Waals surface area (Å²) < 4.78 is 5.80. The van der Waals surface area contributed by atoms with Crippen LogP contribution in [0.5, 0.6) is 5.75 Å². The zero-order chi connectivity index (χ0) is 13.7. The third-order valence-corrected chi connectivity index (χ3v) is 4.49. The van der Waals surface area contributed by atoms with Crippen molar-refractivity contribution in [2.24, 2.45) is 0 Å². The van der Waals surface area contributed by atoms with E-state index in [2.05, 4.69) is 29.0 Å². The van der Waals surface area contributed by atoms with Crippen molar-refractivity contribution < 1.29 is 4.74 Å². The number of thioether (sulfide) groups is 1. The molecule has 0 saturated heterocycles. The first-order valence-corrected chi connectivity index (χ1v) is 8.23. The van der Waals surface area contributed by atoms with Gasteiger partial charge in [0.2, 0.25) is 0 Å². The zero-order valence-electron chi connectivity index (χ0n) is 12.1. The van der Waals surface area contributed by atoms with Crippen LogP contribution in [-0.2, 0) is 0 Å². The summed E-state index contributed by atoms with van der Waals surface area (Å²) in [5.74, 6) is 2.97. The Morgan fingerprint density at radius 2 is 2.32 bits per heavy atom. The molecular formula is C15H24N2OS. The monoisotopic (exact) mass is 280 g/mol. The predicted octanol–water partition coefficient (Wildman–Crippen LogP) is 3.95. The van der Waals surface area contributed by atoms with E-state index in [1.54, 1.807) is 0 Å². The van der Waals surface area contributed by atoms with Crippen LogP contribution in [0.25, 0.3) is 0 Å². The highest BCUT2D eigenvalue weighted by Crippen LogP contribution is 2.33. The van der Waals surface area contributed by atoms with Gasteiger partial charge in [0.1, 0.15) is 0 Å². The minimum Gasteiger partial charge on any atom is -0.487 e. The summed E-state index contributed by atoms with van der Waals surface area (Å²) in [6.07, 6.45) is 5.77. The topological polar surface area (TPSA) is 34.2 Å². The van der Waals surface area contributed by atoms with Crippen LogP contribution in [0.1, 0.15) is 40.0 Å². The van der Waals surface area contributed by atoms with Crippen molar-refractivity contribution >= 4 is 17.6 Å². The normalized spacial score (nSPS) is 22.7. The lowest BCUT2D eigenvalue weighted by Crippen LogP contribution is -2.18. The number of nitrogens with one attached hydrogen (secondary N) is 1. The molecule has 19 heavy (non-hydrogen) atoms. The van der Waals surface area contributed by atoms with Crippen LogP contribution in [-0.4, -0.2) is 28.1 Å². The summed E-state index contributed by atoms with van der Waals surface area (Å²) in [5.41, 5.74) is 0. The second kappa shape index (κ2) is 7.04. The van der Waals surface area contributed by atoms with Crippen LogP contribution in [0.15, 0.2) is 18.3 Å². The average Bonchev–Trinajstić information content (AvgIpc) is 2.79. The van der Waals surface area contributed by atoms with Crippen molar-refractivity contribution in [2.45, 2.75) is 57.4 Å². The zero-order valence-corrected chi connectivity index (χ0v) is 12.9. The summed E-state index contributed by atoms with van der Waals surface area (Å²) in [5, 5.41) is 4.36. The largest absolute Gasteiger partial charge is 0.487 e. The van der Waals surface area contributed by atoms with E-state index < -0.39 is 0 Å². The molecule has 2 rings (SSSR count). The Hall–Kier alpha value is -0.900. The van der Waals surface area contributed by atoms with Gasteiger partial charge in [0, 0.05) is 17.5 Å². The van der Waals surface area contributed by atoms with Gasteiger partial charge in [0.05, 0.1) is 6.10 Å². The molecule has 1 aromatic heterocycles. The average molecular weight is 280 g/mol. The minimum atomic E-state index is 0.178. The SMILES string of the molecule is CCSC1CCC(Nc2ncccc2OC(C)C)C1. The molecule has 1 N–H and O–H groups in total. The van der Waals surface area contributed by atoms with Gasteiger partial charge in [-0.25, -0.2) is 4.98 Å². The molecule has 1 aliphatic carbocycles. The molecule has 2 atom stereocenters. The van der Waals surface area contributed by atoms with Gasteiger partial charge in [-0.2, -0.15) is 11.8 Å². The molecule has 3 nitrogen and oxygen atoms in total. The lowest BCUT2D eigenvalue weighted by Gasteiger charge is -2.18. The Morgan fingerprint density at radius 1 is 1.47 bits per heavy atom. The fourth-order valence-electron chi connectivity index (χ4n) is 2.50. The van der Waals surface area contributed by atoms with Crippen molar-refractivity contribution in [1.82, 2.24) is 4.98 Å². The third kappa shape index (κ3) is 4.30. The number of hydrogen-bond acceptors (Lipinski definition) is 4. The molecule has 0 spiro atoms. The highest BCUT2D eigenvalue weighted by molar-refractivity contribution is 7.99. The Morgan fingerprint density at radius 3 is 3.05 bits per heavy atom. The molecule has 0 aliphatic heterocycles. The smallest absolute Gasteiger partial charge is 0.168 e. The van der Waals surface area contributed by atoms with Crippen molar-refractivity contribution in [2.75, 3.05) is 11.1 Å². The number of rotatable bonds is 6. The summed E-state index contributed by atoms with van der Waals surface area (Å²) in [4.78, 5) is 4.42. The van der Waals surface area contributed by atoms with Gasteiger partial charge < -0.3 is 10.1 Å². The number of hydrogen-bond donors (Lipinski definition) is 1. The van der Waals surface area contributed by atoms with Crippen molar-refractivity contribution in [3.63, 3.8) is 0 Å². The van der Waals surface area contributed by atoms with Crippen LogP contribution in [0.2, 0.25) is 0 Å². The first kappa shape index (κ1) is 14.5. The molecule has 0 aromatic carbocycles. The van der Waals surface area contributed by atoms with E-state index >= 15 is 0 Å². The fraction of sp³-hybridized carbons (Fsp3) is 0.667. The molecule has 1 aromatic rings. The maximum absolute atomic E-state index is 5.80. The van der Waals surface area contributed by atoms with Crippen molar-refractivity contribution in [3.8, 4) is 5.75 Å². The molecule has 0 radical (unpaired) electrons. The summed E-state index contributed by atoms with van der Waals surface area (Å²) in [6, 6.07) is 4.45. The quantitative estimate of drug-likeness (QED) is 0.855. The maximum Gasteiger partial charge on any atom is 0.168 e. The highest BCUT2D eigenvalue weighted by Gasteiger charge is 2.25. The van der Waals surface area contributed by atoms with Gasteiger partial charge in [0.25, 0.3) is 0 Å². The van der Waals surface area contributed by atoms with Crippen molar-refractivity contribution in [1.29, 1.82) is 0 Å². The van der Waals surface area contributed by atoms with E-state index in [0.717, 1.165) is 16.8 Å². The first-order valence-electron chi connectivity index (χ1n) is 7.18. The van der Waals surface area contributed by atoms with E-state index in [1.165, 1.54) is 25.0 Å². The summed E-state index contributed by atoms with van der Waals surface area (Å²) >= 11 is 2.08. The van der Waals surface area contributed by atoms with Gasteiger partial charge in [-0.05, 0) is 51.0 Å². The van der Waals surface area contributed by atoms with Gasteiger partial charge in [-0.1, -0.05) is 6.92 Å². The predicted molar refractivity (Wildman–Crippen MR) is 83.2 cm³/mol. The molecule has 0 amide bonds. The number of nitrogens with zero attached hydrogens (tertiary/aromatic N) is 1. The minimum absolute atomic E-state index is 0.178. The fourth-order valence-corrected chi connectivity index (χ4v) is 3.64. The second-order valence-corrected chi connectivity index (χ2v) is 6.83. The maximum atomic E-state index is 5.80. The lowest BCUT2D eigenvalue weighted by atomic mass is 10.2. The molecule has 1 aliphatic rings. The van der Waals surface area contributed by atoms with Crippen LogP contribution < -0.4 is 10.1 Å². The van der Waals surface area contributed by atoms with E-state index in [1.807, 2.05) is 32.2 Å². The molecule has 1 heterocycles. The molecule has 1 fully saturated rings. The molecule has 106 valence electrons. The lowest BCUT2D eigenvalue weighted by molar-refractivity contribution is 0.242. The standard InChI is InChI=1S/C15H24N2OS/c1-4-19-13-8-7-12(10-13)17-15-14(18-11(2)3)6-5-9-16-15/h5-6,9,11-13H,4,7-8,10H2,1-3H3,(H,16,17). The van der Waals surface area contributed by atoms with Gasteiger partial charge in [-0.3, -0.25) is 0 Å². The number of ether oxygens (including phenoxy) is 1. The van der Waals surface area contributed by atoms with E-state index in [4.69, 9.17) is 4.74 Å². The Labute approximate surface area is 120 Å². The third-order valence-electron chi connectivity index (χ3n) is 3.26. The van der Waals surface area contributed by atoms with Gasteiger partial charge >= 0.3 is 0 Å². The highest BCUT2D eigenvalue weighted by atomic mass is 32.2. The van der Waals surface area contributed by atoms with Crippen molar-refractivity contribution in [3.05, 3.63) is 18.3 Å². The first-order chi connectivity index (χ1) is 9.19. The Balaban J connectivity index is 1.96. The van der Waals surface area contributed by atoms with Gasteiger partial charge in [-0.15, -0.1) is 0 Å². The van der Waals surface area contributed by atoms with Crippen LogP contribution in [0, 0.1) is 0 Å². The summed E-state index contributed by atoms with van der Waals surface area (Å²) in [6.45, 7) is 6.32. The van der Waals surface area contributed by atoms with Crippen LogP contribution in [0.3, 0.4) is 0 Å². The number of aromatic nitrogens is 1. The Kier molecular flexibility index (Phi) is 5.37. The summed E-state index contributed by atoms with van der Waals surface area (Å²) in [7, 11) is 0. The van der Waals surface area contributed by atoms with E-state index in [9.17, 15) is 0 Å².